The van der Waals surface area contributed by atoms with Crippen LogP contribution >= 0.6 is 11.6 Å². The number of ether oxygens (including phenoxy) is 2. The summed E-state index contributed by atoms with van der Waals surface area (Å²) in [5.74, 6) is -1.74. The molecule has 0 saturated carbocycles. The lowest BCUT2D eigenvalue weighted by molar-refractivity contribution is -0.144. The second kappa shape index (κ2) is 9.55. The molecular weight excluding hydrogens is 450 g/mol. The molecule has 0 spiro atoms. The molecule has 0 bridgehead atoms. The van der Waals surface area contributed by atoms with E-state index < -0.39 is 30.2 Å². The SMILES string of the molecule is COc1ccc(NC2NC(=O)C3C(NC(=O)CC3C(=O)Nc3cc(Cl)ccc3OC)N2)cc1. The van der Waals surface area contributed by atoms with Gasteiger partial charge in [-0.25, -0.2) is 0 Å². The monoisotopic (exact) mass is 473 g/mol. The minimum atomic E-state index is -0.887. The Kier molecular flexibility index (Phi) is 6.57. The van der Waals surface area contributed by atoms with Crippen LogP contribution in [0.4, 0.5) is 11.4 Å². The number of hydrogen-bond acceptors (Lipinski definition) is 7. The fraction of sp³-hybridized carbons (Fsp3) is 0.318. The van der Waals surface area contributed by atoms with Crippen molar-refractivity contribution in [1.82, 2.24) is 16.0 Å². The molecule has 33 heavy (non-hydrogen) atoms. The molecule has 2 aromatic rings. The van der Waals surface area contributed by atoms with E-state index in [0.29, 0.717) is 22.2 Å². The Hall–Kier alpha value is -3.50. The van der Waals surface area contributed by atoms with Gasteiger partial charge in [-0.2, -0.15) is 0 Å². The Labute approximate surface area is 195 Å². The molecule has 4 unspecified atom stereocenters. The topological polar surface area (TPSA) is 130 Å². The molecule has 3 amide bonds. The Balaban J connectivity index is 1.48. The van der Waals surface area contributed by atoms with Crippen molar-refractivity contribution in [2.75, 3.05) is 24.9 Å². The second-order valence-corrected chi connectivity index (χ2v) is 8.13. The number of rotatable bonds is 6. The number of nitrogens with one attached hydrogen (secondary N) is 5. The highest BCUT2D eigenvalue weighted by atomic mass is 35.5. The minimum absolute atomic E-state index is 0.123. The van der Waals surface area contributed by atoms with Gasteiger partial charge in [-0.15, -0.1) is 0 Å². The van der Waals surface area contributed by atoms with Crippen molar-refractivity contribution in [3.63, 3.8) is 0 Å². The van der Waals surface area contributed by atoms with Crippen molar-refractivity contribution in [3.8, 4) is 11.5 Å². The summed E-state index contributed by atoms with van der Waals surface area (Å²) in [5.41, 5.74) is 1.09. The fourth-order valence-corrected chi connectivity index (χ4v) is 4.18. The zero-order valence-corrected chi connectivity index (χ0v) is 18.7. The van der Waals surface area contributed by atoms with E-state index in [4.69, 9.17) is 21.1 Å². The number of methoxy groups -OCH3 is 2. The largest absolute Gasteiger partial charge is 0.497 e. The number of halogens is 1. The van der Waals surface area contributed by atoms with Crippen LogP contribution in [0.2, 0.25) is 5.02 Å². The first-order valence-corrected chi connectivity index (χ1v) is 10.7. The standard InChI is InChI=1S/C22H24ClN5O5/c1-32-13-6-4-12(5-7-13)24-22-27-19-18(21(31)28-22)14(10-17(29)26-19)20(30)25-15-9-11(23)3-8-16(15)33-2/h3-9,14,18-19,22,24,27H,10H2,1-2H3,(H,25,30)(H,26,29)(H,28,31). The zero-order valence-electron chi connectivity index (χ0n) is 18.0. The molecule has 4 rings (SSSR count). The van der Waals surface area contributed by atoms with Crippen LogP contribution in [0.5, 0.6) is 11.5 Å². The molecule has 4 atom stereocenters. The van der Waals surface area contributed by atoms with Crippen LogP contribution in [-0.4, -0.2) is 44.4 Å². The van der Waals surface area contributed by atoms with Crippen LogP contribution in [0.15, 0.2) is 42.5 Å². The highest BCUT2D eigenvalue weighted by molar-refractivity contribution is 6.31. The molecule has 10 nitrogen and oxygen atoms in total. The summed E-state index contributed by atoms with van der Waals surface area (Å²) >= 11 is 6.04. The number of fused-ring (bicyclic) bond motifs is 1. The third-order valence-electron chi connectivity index (χ3n) is 5.61. The van der Waals surface area contributed by atoms with Gasteiger partial charge < -0.3 is 30.7 Å². The first-order valence-electron chi connectivity index (χ1n) is 10.3. The molecule has 2 fully saturated rings. The zero-order chi connectivity index (χ0) is 23.5. The lowest BCUT2D eigenvalue weighted by Crippen LogP contribution is -2.72. The predicted molar refractivity (Wildman–Crippen MR) is 122 cm³/mol. The average Bonchev–Trinajstić information content (AvgIpc) is 2.79. The molecule has 0 aromatic heterocycles. The van der Waals surface area contributed by atoms with E-state index in [0.717, 1.165) is 5.69 Å². The van der Waals surface area contributed by atoms with Gasteiger partial charge >= 0.3 is 0 Å². The van der Waals surface area contributed by atoms with E-state index in [1.807, 2.05) is 0 Å². The number of piperidine rings is 1. The van der Waals surface area contributed by atoms with E-state index in [1.165, 1.54) is 7.11 Å². The third kappa shape index (κ3) is 4.96. The summed E-state index contributed by atoms with van der Waals surface area (Å²) in [7, 11) is 3.05. The van der Waals surface area contributed by atoms with Crippen molar-refractivity contribution in [2.24, 2.45) is 11.8 Å². The van der Waals surface area contributed by atoms with E-state index in [9.17, 15) is 14.4 Å². The number of benzene rings is 2. The molecular formula is C22H24ClN5O5. The first kappa shape index (κ1) is 22.7. The minimum Gasteiger partial charge on any atom is -0.497 e. The normalized spacial score (nSPS) is 24.1. The molecule has 2 aliphatic rings. The van der Waals surface area contributed by atoms with Gasteiger partial charge in [-0.1, -0.05) is 11.6 Å². The van der Waals surface area contributed by atoms with Crippen LogP contribution in [0.25, 0.3) is 0 Å². The van der Waals surface area contributed by atoms with Gasteiger partial charge in [-0.3, -0.25) is 19.7 Å². The predicted octanol–water partition coefficient (Wildman–Crippen LogP) is 1.49. The summed E-state index contributed by atoms with van der Waals surface area (Å²) in [5, 5.41) is 15.0. The Bertz CT molecular complexity index is 1060. The maximum atomic E-state index is 13.1. The third-order valence-corrected chi connectivity index (χ3v) is 5.84. The van der Waals surface area contributed by atoms with Crippen LogP contribution in [-0.2, 0) is 14.4 Å². The summed E-state index contributed by atoms with van der Waals surface area (Å²) in [4.78, 5) is 38.5. The number of hydrogen-bond donors (Lipinski definition) is 5. The number of carbonyl (C=O) groups is 3. The maximum Gasteiger partial charge on any atom is 0.229 e. The highest BCUT2D eigenvalue weighted by Crippen LogP contribution is 2.32. The van der Waals surface area contributed by atoms with E-state index in [-0.39, 0.29) is 18.2 Å². The van der Waals surface area contributed by atoms with Crippen molar-refractivity contribution in [1.29, 1.82) is 0 Å². The number of amides is 3. The summed E-state index contributed by atoms with van der Waals surface area (Å²) in [6.45, 7) is 0. The van der Waals surface area contributed by atoms with Crippen molar-refractivity contribution in [3.05, 3.63) is 47.5 Å². The Morgan fingerprint density at radius 2 is 1.82 bits per heavy atom. The lowest BCUT2D eigenvalue weighted by atomic mass is 9.81. The van der Waals surface area contributed by atoms with Crippen LogP contribution in [0.1, 0.15) is 6.42 Å². The smallest absolute Gasteiger partial charge is 0.229 e. The van der Waals surface area contributed by atoms with Gasteiger partial charge in [0.05, 0.1) is 37.9 Å². The fourth-order valence-electron chi connectivity index (χ4n) is 4.01. The van der Waals surface area contributed by atoms with E-state index >= 15 is 0 Å². The van der Waals surface area contributed by atoms with Crippen LogP contribution < -0.4 is 36.1 Å². The van der Waals surface area contributed by atoms with Gasteiger partial charge in [-0.05, 0) is 42.5 Å². The van der Waals surface area contributed by atoms with Crippen LogP contribution in [0.3, 0.4) is 0 Å². The highest BCUT2D eigenvalue weighted by Gasteiger charge is 2.48. The summed E-state index contributed by atoms with van der Waals surface area (Å²) in [6.07, 6.45) is -1.50. The molecule has 2 aromatic carbocycles. The van der Waals surface area contributed by atoms with Gasteiger partial charge in [0, 0.05) is 17.1 Å². The van der Waals surface area contributed by atoms with Crippen molar-refractivity contribution < 1.29 is 23.9 Å². The summed E-state index contributed by atoms with van der Waals surface area (Å²) < 4.78 is 10.4. The average molecular weight is 474 g/mol. The lowest BCUT2D eigenvalue weighted by Gasteiger charge is -2.43. The molecule has 2 saturated heterocycles. The van der Waals surface area contributed by atoms with Gasteiger partial charge in [0.15, 0.2) is 6.29 Å². The maximum absolute atomic E-state index is 13.1. The summed E-state index contributed by atoms with van der Waals surface area (Å²) in [6, 6.07) is 12.0. The van der Waals surface area contributed by atoms with E-state index in [1.54, 1.807) is 49.6 Å². The van der Waals surface area contributed by atoms with Gasteiger partial charge in [0.2, 0.25) is 17.7 Å². The number of carbonyl (C=O) groups excluding carboxylic acids is 3. The van der Waals surface area contributed by atoms with E-state index in [2.05, 4.69) is 26.6 Å². The van der Waals surface area contributed by atoms with Crippen molar-refractivity contribution >= 4 is 40.7 Å². The molecule has 2 heterocycles. The first-order chi connectivity index (χ1) is 15.9. The Morgan fingerprint density at radius 1 is 1.06 bits per heavy atom. The quantitative estimate of drug-likeness (QED) is 0.429. The molecule has 174 valence electrons. The van der Waals surface area contributed by atoms with Gasteiger partial charge in [0.1, 0.15) is 11.5 Å². The molecule has 5 N–H and O–H groups in total. The molecule has 11 heteroatoms. The molecule has 2 aliphatic heterocycles. The second-order valence-electron chi connectivity index (χ2n) is 7.70. The number of anilines is 2. The van der Waals surface area contributed by atoms with Crippen LogP contribution in [0, 0.1) is 11.8 Å². The van der Waals surface area contributed by atoms with Gasteiger partial charge in [0.25, 0.3) is 0 Å². The van der Waals surface area contributed by atoms with Crippen molar-refractivity contribution in [2.45, 2.75) is 18.9 Å². The molecule has 0 radical (unpaired) electrons. The Morgan fingerprint density at radius 3 is 2.52 bits per heavy atom. The molecule has 0 aliphatic carbocycles.